The molecule has 0 saturated carbocycles. The van der Waals surface area contributed by atoms with E-state index in [2.05, 4.69) is 0 Å². The van der Waals surface area contributed by atoms with Crippen LogP contribution in [-0.2, 0) is 10.3 Å². The van der Waals surface area contributed by atoms with Crippen molar-refractivity contribution in [2.45, 2.75) is 38.6 Å². The first-order valence-corrected chi connectivity index (χ1v) is 6.62. The number of rotatable bonds is 3. The maximum absolute atomic E-state index is 13.6. The fourth-order valence-corrected chi connectivity index (χ4v) is 2.62. The molecule has 2 rings (SSSR count). The van der Waals surface area contributed by atoms with Gasteiger partial charge >= 0.3 is 0 Å². The quantitative estimate of drug-likeness (QED) is 0.895. The van der Waals surface area contributed by atoms with E-state index in [0.29, 0.717) is 11.5 Å². The Kier molecular flexibility index (Phi) is 4.03. The predicted octanol–water partition coefficient (Wildman–Crippen LogP) is 3.12. The van der Waals surface area contributed by atoms with Crippen LogP contribution in [0.4, 0.5) is 4.39 Å². The molecule has 1 aliphatic rings. The molecule has 1 aromatic rings. The van der Waals surface area contributed by atoms with Crippen LogP contribution in [0.1, 0.15) is 37.3 Å². The van der Waals surface area contributed by atoms with Gasteiger partial charge in [0, 0.05) is 18.8 Å². The molecule has 2 nitrogen and oxygen atoms in total. The van der Waals surface area contributed by atoms with Gasteiger partial charge in [-0.25, -0.2) is 4.39 Å². The highest BCUT2D eigenvalue weighted by Gasteiger charge is 2.27. The fourth-order valence-electron chi connectivity index (χ4n) is 2.62. The third-order valence-corrected chi connectivity index (χ3v) is 3.88. The zero-order valence-corrected chi connectivity index (χ0v) is 11.2. The molecular weight excluding hydrogens is 229 g/mol. The van der Waals surface area contributed by atoms with Gasteiger partial charge in [-0.1, -0.05) is 12.1 Å². The van der Waals surface area contributed by atoms with Crippen molar-refractivity contribution in [3.63, 3.8) is 0 Å². The molecule has 1 aromatic carbocycles. The number of nitrogens with two attached hydrogens (primary N) is 1. The van der Waals surface area contributed by atoms with Crippen LogP contribution >= 0.6 is 0 Å². The number of ether oxygens (including phenoxy) is 1. The SMILES string of the molecule is Cc1ccc(C(C)(N)CC2CCOCC2)cc1F. The highest BCUT2D eigenvalue weighted by Crippen LogP contribution is 2.31. The van der Waals surface area contributed by atoms with E-state index in [-0.39, 0.29) is 5.82 Å². The molecule has 3 heteroatoms. The molecule has 0 spiro atoms. The van der Waals surface area contributed by atoms with Crippen LogP contribution < -0.4 is 5.73 Å². The molecule has 1 atom stereocenters. The Hall–Kier alpha value is -0.930. The predicted molar refractivity (Wildman–Crippen MR) is 70.8 cm³/mol. The molecule has 0 radical (unpaired) electrons. The van der Waals surface area contributed by atoms with E-state index >= 15 is 0 Å². The second-order valence-electron chi connectivity index (χ2n) is 5.64. The summed E-state index contributed by atoms with van der Waals surface area (Å²) in [4.78, 5) is 0. The van der Waals surface area contributed by atoms with E-state index in [1.807, 2.05) is 13.0 Å². The van der Waals surface area contributed by atoms with Crippen molar-refractivity contribution in [3.8, 4) is 0 Å². The highest BCUT2D eigenvalue weighted by atomic mass is 19.1. The Morgan fingerprint density at radius 2 is 2.06 bits per heavy atom. The van der Waals surface area contributed by atoms with Gasteiger partial charge in [0.1, 0.15) is 5.82 Å². The summed E-state index contributed by atoms with van der Waals surface area (Å²) in [6.07, 6.45) is 3.00. The van der Waals surface area contributed by atoms with Crippen molar-refractivity contribution in [2.24, 2.45) is 11.7 Å². The first-order valence-electron chi connectivity index (χ1n) is 6.62. The molecule has 1 unspecified atom stereocenters. The minimum atomic E-state index is -0.462. The lowest BCUT2D eigenvalue weighted by atomic mass is 9.81. The van der Waals surface area contributed by atoms with Crippen LogP contribution in [0.2, 0.25) is 0 Å². The molecule has 0 aliphatic carbocycles. The van der Waals surface area contributed by atoms with Crippen LogP contribution in [0.25, 0.3) is 0 Å². The monoisotopic (exact) mass is 251 g/mol. The molecule has 18 heavy (non-hydrogen) atoms. The lowest BCUT2D eigenvalue weighted by molar-refractivity contribution is 0.0570. The van der Waals surface area contributed by atoms with Gasteiger partial charge in [-0.05, 0) is 56.2 Å². The largest absolute Gasteiger partial charge is 0.381 e. The van der Waals surface area contributed by atoms with Crippen LogP contribution in [-0.4, -0.2) is 13.2 Å². The maximum atomic E-state index is 13.6. The first-order chi connectivity index (χ1) is 8.49. The van der Waals surface area contributed by atoms with Gasteiger partial charge in [0.05, 0.1) is 0 Å². The van der Waals surface area contributed by atoms with Crippen molar-refractivity contribution < 1.29 is 9.13 Å². The topological polar surface area (TPSA) is 35.2 Å². The Morgan fingerprint density at radius 3 is 2.67 bits per heavy atom. The minimum absolute atomic E-state index is 0.170. The molecule has 1 aliphatic heterocycles. The molecule has 1 fully saturated rings. The maximum Gasteiger partial charge on any atom is 0.126 e. The van der Waals surface area contributed by atoms with Gasteiger partial charge in [-0.2, -0.15) is 0 Å². The van der Waals surface area contributed by atoms with Crippen LogP contribution in [0.3, 0.4) is 0 Å². The summed E-state index contributed by atoms with van der Waals surface area (Å²) in [7, 11) is 0. The Balaban J connectivity index is 2.10. The third-order valence-electron chi connectivity index (χ3n) is 3.88. The van der Waals surface area contributed by atoms with E-state index in [1.165, 1.54) is 0 Å². The number of hydrogen-bond acceptors (Lipinski definition) is 2. The second kappa shape index (κ2) is 5.37. The normalized spacial score (nSPS) is 20.7. The molecule has 0 bridgehead atoms. The Bertz CT molecular complexity index is 411. The van der Waals surface area contributed by atoms with E-state index in [0.717, 1.165) is 38.0 Å². The summed E-state index contributed by atoms with van der Waals surface area (Å²) in [5.74, 6) is 0.411. The Morgan fingerprint density at radius 1 is 1.39 bits per heavy atom. The standard InChI is InChI=1S/C15H22FNO/c1-11-3-4-13(9-14(11)16)15(2,17)10-12-5-7-18-8-6-12/h3-4,9,12H,5-8,10,17H2,1-2H3. The molecule has 2 N–H and O–H groups in total. The summed E-state index contributed by atoms with van der Waals surface area (Å²) in [6.45, 7) is 5.41. The van der Waals surface area contributed by atoms with Gasteiger partial charge in [0.2, 0.25) is 0 Å². The van der Waals surface area contributed by atoms with Gasteiger partial charge < -0.3 is 10.5 Å². The van der Waals surface area contributed by atoms with E-state index in [9.17, 15) is 4.39 Å². The summed E-state index contributed by atoms with van der Waals surface area (Å²) >= 11 is 0. The average Bonchev–Trinajstić information content (AvgIpc) is 2.33. The fraction of sp³-hybridized carbons (Fsp3) is 0.600. The lowest BCUT2D eigenvalue weighted by Gasteiger charge is -2.32. The van der Waals surface area contributed by atoms with Crippen molar-refractivity contribution in [3.05, 3.63) is 35.1 Å². The van der Waals surface area contributed by atoms with Crippen molar-refractivity contribution in [2.75, 3.05) is 13.2 Å². The second-order valence-corrected chi connectivity index (χ2v) is 5.64. The zero-order valence-electron chi connectivity index (χ0n) is 11.2. The summed E-state index contributed by atoms with van der Waals surface area (Å²) in [5, 5.41) is 0. The molecule has 0 aromatic heterocycles. The van der Waals surface area contributed by atoms with Crippen LogP contribution in [0, 0.1) is 18.7 Å². The molecule has 100 valence electrons. The Labute approximate surface area is 108 Å². The van der Waals surface area contributed by atoms with Crippen LogP contribution in [0.5, 0.6) is 0 Å². The van der Waals surface area contributed by atoms with E-state index in [1.54, 1.807) is 19.1 Å². The van der Waals surface area contributed by atoms with Crippen molar-refractivity contribution in [1.29, 1.82) is 0 Å². The van der Waals surface area contributed by atoms with Gasteiger partial charge in [-0.3, -0.25) is 0 Å². The van der Waals surface area contributed by atoms with Gasteiger partial charge in [0.15, 0.2) is 0 Å². The van der Waals surface area contributed by atoms with Crippen LogP contribution in [0.15, 0.2) is 18.2 Å². The highest BCUT2D eigenvalue weighted by molar-refractivity contribution is 5.28. The van der Waals surface area contributed by atoms with Gasteiger partial charge in [0.25, 0.3) is 0 Å². The number of benzene rings is 1. The molecular formula is C15H22FNO. The molecule has 1 saturated heterocycles. The molecule has 0 amide bonds. The number of aryl methyl sites for hydroxylation is 1. The van der Waals surface area contributed by atoms with E-state index in [4.69, 9.17) is 10.5 Å². The summed E-state index contributed by atoms with van der Waals surface area (Å²) < 4.78 is 19.0. The number of hydrogen-bond donors (Lipinski definition) is 1. The average molecular weight is 251 g/mol. The summed E-state index contributed by atoms with van der Waals surface area (Å²) in [5.41, 5.74) is 7.47. The summed E-state index contributed by atoms with van der Waals surface area (Å²) in [6, 6.07) is 5.33. The lowest BCUT2D eigenvalue weighted by Crippen LogP contribution is -2.36. The third kappa shape index (κ3) is 3.09. The number of halogens is 1. The zero-order chi connectivity index (χ0) is 13.2. The smallest absolute Gasteiger partial charge is 0.126 e. The van der Waals surface area contributed by atoms with E-state index < -0.39 is 5.54 Å². The van der Waals surface area contributed by atoms with Gasteiger partial charge in [-0.15, -0.1) is 0 Å². The van der Waals surface area contributed by atoms with Crippen molar-refractivity contribution in [1.82, 2.24) is 0 Å². The molecule has 1 heterocycles. The van der Waals surface area contributed by atoms with Crippen molar-refractivity contribution >= 4 is 0 Å². The first kappa shape index (κ1) is 13.5. The minimum Gasteiger partial charge on any atom is -0.381 e.